The molecule has 1 unspecified atom stereocenters. The summed E-state index contributed by atoms with van der Waals surface area (Å²) in [5.74, 6) is -1.08. The molecule has 2 aliphatic rings. The van der Waals surface area contributed by atoms with Gasteiger partial charge < -0.3 is 14.8 Å². The summed E-state index contributed by atoms with van der Waals surface area (Å²) in [5.41, 5.74) is 2.66. The Kier molecular flexibility index (Phi) is 5.52. The number of benzene rings is 1. The van der Waals surface area contributed by atoms with Crippen molar-refractivity contribution in [2.45, 2.75) is 44.6 Å². The zero-order chi connectivity index (χ0) is 20.4. The first-order valence-corrected chi connectivity index (χ1v) is 10.3. The fraction of sp³-hybridized carbons (Fsp3) is 0.455. The summed E-state index contributed by atoms with van der Waals surface area (Å²) in [6.07, 6.45) is 9.63. The third-order valence-corrected chi connectivity index (χ3v) is 5.58. The molecule has 1 atom stereocenters. The molecule has 29 heavy (non-hydrogen) atoms. The maximum atomic E-state index is 13.6. The van der Waals surface area contributed by atoms with Crippen LogP contribution in [0.15, 0.2) is 47.9 Å². The molecule has 0 saturated carbocycles. The number of hydrogen-bond donors (Lipinski definition) is 2. The maximum absolute atomic E-state index is 13.6. The highest BCUT2D eigenvalue weighted by atomic mass is 19.1. The Morgan fingerprint density at radius 1 is 1.21 bits per heavy atom. The minimum Gasteiger partial charge on any atom is -0.350 e. The van der Waals surface area contributed by atoms with Crippen molar-refractivity contribution >= 4 is 6.21 Å². The highest BCUT2D eigenvalue weighted by Gasteiger charge is 2.39. The lowest BCUT2D eigenvalue weighted by Crippen LogP contribution is -2.55. The van der Waals surface area contributed by atoms with Crippen molar-refractivity contribution in [2.24, 2.45) is 4.99 Å². The van der Waals surface area contributed by atoms with Crippen molar-refractivity contribution in [2.75, 3.05) is 20.1 Å². The lowest BCUT2D eigenvalue weighted by molar-refractivity contribution is 0.202. The summed E-state index contributed by atoms with van der Waals surface area (Å²) in [4.78, 5) is 12.0. The van der Waals surface area contributed by atoms with Gasteiger partial charge in [0.25, 0.3) is 0 Å². The van der Waals surface area contributed by atoms with Gasteiger partial charge in [-0.15, -0.1) is 0 Å². The van der Waals surface area contributed by atoms with Crippen LogP contribution in [0.1, 0.15) is 38.4 Å². The summed E-state index contributed by atoms with van der Waals surface area (Å²) >= 11 is 0. The Labute approximate surface area is 171 Å². The largest absolute Gasteiger partial charge is 0.350 e. The van der Waals surface area contributed by atoms with Gasteiger partial charge in [-0.2, -0.15) is 0 Å². The van der Waals surface area contributed by atoms with Crippen molar-refractivity contribution in [3.05, 3.63) is 54.4 Å². The molecule has 1 saturated heterocycles. The number of halogens is 1. The number of nitrogens with one attached hydrogen (secondary N) is 2. The van der Waals surface area contributed by atoms with E-state index in [1.54, 1.807) is 12.1 Å². The second kappa shape index (κ2) is 8.08. The number of nitrogens with zero attached hydrogens (tertiary/aromatic N) is 4. The van der Waals surface area contributed by atoms with Crippen LogP contribution < -0.4 is 10.6 Å². The zero-order valence-corrected chi connectivity index (χ0v) is 17.3. The smallest absolute Gasteiger partial charge is 0.229 e. The van der Waals surface area contributed by atoms with Crippen LogP contribution in [0.3, 0.4) is 0 Å². The number of aliphatic imine (C=N–C) groups is 1. The van der Waals surface area contributed by atoms with E-state index < -0.39 is 5.79 Å². The molecular weight excluding hydrogens is 367 g/mol. The highest BCUT2D eigenvalue weighted by molar-refractivity contribution is 5.73. The van der Waals surface area contributed by atoms with Gasteiger partial charge >= 0.3 is 0 Å². The molecule has 0 radical (unpaired) electrons. The summed E-state index contributed by atoms with van der Waals surface area (Å²) < 4.78 is 15.8. The van der Waals surface area contributed by atoms with Gasteiger partial charge in [0, 0.05) is 30.1 Å². The van der Waals surface area contributed by atoms with E-state index in [-0.39, 0.29) is 11.9 Å². The predicted molar refractivity (Wildman–Crippen MR) is 114 cm³/mol. The SMILES string of the molecule is CC(C)NC1(c2c(-c3ccc(F)cc3)ncn2C2CCN(C)CC2)N=CC=CN1. The van der Waals surface area contributed by atoms with Gasteiger partial charge in [-0.05, 0) is 77.2 Å². The molecular formula is C22H29FN6. The van der Waals surface area contributed by atoms with E-state index in [0.717, 1.165) is 42.9 Å². The first-order valence-electron chi connectivity index (χ1n) is 10.3. The van der Waals surface area contributed by atoms with Crippen molar-refractivity contribution < 1.29 is 4.39 Å². The number of aromatic nitrogens is 2. The number of imidazole rings is 1. The Morgan fingerprint density at radius 2 is 1.93 bits per heavy atom. The third-order valence-electron chi connectivity index (χ3n) is 5.58. The molecule has 2 aromatic rings. The normalized spacial score (nSPS) is 22.9. The molecule has 0 spiro atoms. The summed E-state index contributed by atoms with van der Waals surface area (Å²) in [7, 11) is 2.16. The van der Waals surface area contributed by atoms with Crippen LogP contribution in [-0.4, -0.2) is 46.8 Å². The first-order chi connectivity index (χ1) is 14.0. The van der Waals surface area contributed by atoms with E-state index in [1.165, 1.54) is 12.1 Å². The third kappa shape index (κ3) is 3.97. The molecule has 1 aromatic carbocycles. The molecule has 2 N–H and O–H groups in total. The van der Waals surface area contributed by atoms with Gasteiger partial charge in [-0.3, -0.25) is 5.32 Å². The molecule has 0 aliphatic carbocycles. The molecule has 2 aliphatic heterocycles. The van der Waals surface area contributed by atoms with E-state index in [1.807, 2.05) is 24.8 Å². The molecule has 3 heterocycles. The maximum Gasteiger partial charge on any atom is 0.229 e. The second-order valence-electron chi connectivity index (χ2n) is 8.18. The van der Waals surface area contributed by atoms with E-state index in [9.17, 15) is 4.39 Å². The van der Waals surface area contributed by atoms with Gasteiger partial charge in [0.15, 0.2) is 0 Å². The van der Waals surface area contributed by atoms with Gasteiger partial charge in [-0.1, -0.05) is 0 Å². The highest BCUT2D eigenvalue weighted by Crippen LogP contribution is 2.36. The van der Waals surface area contributed by atoms with Crippen LogP contribution in [0, 0.1) is 5.82 Å². The topological polar surface area (TPSA) is 57.5 Å². The van der Waals surface area contributed by atoms with Crippen LogP contribution in [0.2, 0.25) is 0 Å². The summed E-state index contributed by atoms with van der Waals surface area (Å²) in [5, 5.41) is 7.04. The Hall–Kier alpha value is -2.51. The lowest BCUT2D eigenvalue weighted by atomic mass is 10.0. The average Bonchev–Trinajstić information content (AvgIpc) is 3.15. The molecule has 6 nitrogen and oxygen atoms in total. The molecule has 0 amide bonds. The minimum absolute atomic E-state index is 0.188. The number of likely N-dealkylation sites (tertiary alicyclic amines) is 1. The number of piperidine rings is 1. The van der Waals surface area contributed by atoms with Gasteiger partial charge in [0.2, 0.25) is 5.79 Å². The van der Waals surface area contributed by atoms with Gasteiger partial charge in [0.1, 0.15) is 11.5 Å². The average molecular weight is 397 g/mol. The van der Waals surface area contributed by atoms with Crippen LogP contribution in [-0.2, 0) is 5.79 Å². The molecule has 1 fully saturated rings. The Morgan fingerprint density at radius 3 is 2.55 bits per heavy atom. The van der Waals surface area contributed by atoms with Crippen molar-refractivity contribution in [1.29, 1.82) is 0 Å². The van der Waals surface area contributed by atoms with Crippen molar-refractivity contribution in [3.63, 3.8) is 0 Å². The van der Waals surface area contributed by atoms with E-state index in [0.29, 0.717) is 6.04 Å². The molecule has 4 rings (SSSR count). The molecule has 154 valence electrons. The van der Waals surface area contributed by atoms with Gasteiger partial charge in [0.05, 0.1) is 12.0 Å². The minimum atomic E-state index is -0.827. The van der Waals surface area contributed by atoms with Crippen LogP contribution in [0.5, 0.6) is 0 Å². The standard InChI is InChI=1S/C22H29FN6/c1-16(2)27-22(25-11-4-12-26-22)21-20(17-5-7-18(23)8-6-17)24-15-29(21)19-9-13-28(3)14-10-19/h4-8,11-12,15-16,19,25,27H,9-10,13-14H2,1-3H3. The molecule has 7 heteroatoms. The first kappa shape index (κ1) is 19.8. The van der Waals surface area contributed by atoms with E-state index >= 15 is 0 Å². The second-order valence-corrected chi connectivity index (χ2v) is 8.18. The van der Waals surface area contributed by atoms with Crippen LogP contribution in [0.4, 0.5) is 4.39 Å². The number of allylic oxidation sites excluding steroid dienone is 1. The molecule has 1 aromatic heterocycles. The van der Waals surface area contributed by atoms with Crippen molar-refractivity contribution in [3.8, 4) is 11.3 Å². The van der Waals surface area contributed by atoms with Crippen LogP contribution >= 0.6 is 0 Å². The van der Waals surface area contributed by atoms with Gasteiger partial charge in [-0.25, -0.2) is 14.4 Å². The quantitative estimate of drug-likeness (QED) is 0.815. The predicted octanol–water partition coefficient (Wildman–Crippen LogP) is 3.25. The number of hydrogen-bond acceptors (Lipinski definition) is 5. The lowest BCUT2D eigenvalue weighted by Gasteiger charge is -2.38. The summed E-state index contributed by atoms with van der Waals surface area (Å²) in [6, 6.07) is 7.06. The zero-order valence-electron chi connectivity index (χ0n) is 17.3. The Balaban J connectivity index is 1.85. The fourth-order valence-corrected chi connectivity index (χ4v) is 4.19. The van der Waals surface area contributed by atoms with Crippen LogP contribution in [0.25, 0.3) is 11.3 Å². The van der Waals surface area contributed by atoms with E-state index in [2.05, 4.69) is 41.0 Å². The Bertz CT molecular complexity index is 893. The van der Waals surface area contributed by atoms with Crippen molar-refractivity contribution in [1.82, 2.24) is 25.1 Å². The monoisotopic (exact) mass is 396 g/mol. The molecule has 0 bridgehead atoms. The fourth-order valence-electron chi connectivity index (χ4n) is 4.19. The summed E-state index contributed by atoms with van der Waals surface area (Å²) in [6.45, 7) is 6.31. The number of rotatable bonds is 5. The van der Waals surface area contributed by atoms with E-state index in [4.69, 9.17) is 9.98 Å².